The Bertz CT molecular complexity index is 1840. The number of rotatable bonds is 7. The highest BCUT2D eigenvalue weighted by Gasteiger charge is 2.28. The first kappa shape index (κ1) is 26.1. The van der Waals surface area contributed by atoms with Crippen molar-refractivity contribution in [1.82, 2.24) is 33.8 Å². The van der Waals surface area contributed by atoms with Crippen LogP contribution in [0.4, 0.5) is 14.6 Å². The summed E-state index contributed by atoms with van der Waals surface area (Å²) in [6.45, 7) is 3.59. The van der Waals surface area contributed by atoms with Gasteiger partial charge in [-0.2, -0.15) is 0 Å². The summed E-state index contributed by atoms with van der Waals surface area (Å²) in [4.78, 5) is 51.4. The third kappa shape index (κ3) is 4.99. The van der Waals surface area contributed by atoms with Crippen LogP contribution in [0.5, 0.6) is 0 Å². The summed E-state index contributed by atoms with van der Waals surface area (Å²) in [5.41, 5.74) is -0.234. The molecule has 15 heteroatoms. The molecule has 0 unspecified atom stereocenters. The molecule has 0 aliphatic heterocycles. The molecule has 0 aliphatic carbocycles. The number of hydrogen-bond acceptors (Lipinski definition) is 9. The minimum Gasteiger partial charge on any atom is -0.361 e. The quantitative estimate of drug-likeness (QED) is 0.322. The van der Waals surface area contributed by atoms with E-state index in [-0.39, 0.29) is 41.3 Å². The first-order valence-corrected chi connectivity index (χ1v) is 12.5. The lowest BCUT2D eigenvalue weighted by atomic mass is 10.1. The number of pyridine rings is 1. The predicted molar refractivity (Wildman–Crippen MR) is 138 cm³/mol. The maximum absolute atomic E-state index is 13.9. The number of fused-ring (bicyclic) bond motifs is 1. The zero-order valence-corrected chi connectivity index (χ0v) is 22.0. The summed E-state index contributed by atoms with van der Waals surface area (Å²) in [5, 5.41) is 8.44. The Balaban J connectivity index is 1.39. The molecule has 0 atom stereocenters. The maximum atomic E-state index is 13.9. The van der Waals surface area contributed by atoms with Gasteiger partial charge in [-0.25, -0.2) is 23.5 Å². The van der Waals surface area contributed by atoms with Crippen LogP contribution in [-0.4, -0.2) is 39.7 Å². The molecule has 5 aromatic rings. The van der Waals surface area contributed by atoms with E-state index in [1.54, 1.807) is 18.4 Å². The van der Waals surface area contributed by atoms with Gasteiger partial charge in [0.05, 0.1) is 12.9 Å². The molecule has 0 aliphatic rings. The highest BCUT2D eigenvalue weighted by molar-refractivity contribution is 7.13. The Hall–Kier alpha value is -4.53. The topological polar surface area (TPSA) is 143 Å². The number of anilines is 1. The molecule has 1 N–H and O–H groups in total. The predicted octanol–water partition coefficient (Wildman–Crippen LogP) is 2.82. The molecule has 202 valence electrons. The van der Waals surface area contributed by atoms with Crippen molar-refractivity contribution in [2.45, 2.75) is 39.8 Å². The van der Waals surface area contributed by atoms with E-state index in [4.69, 9.17) is 4.52 Å². The van der Waals surface area contributed by atoms with Crippen LogP contribution in [0.3, 0.4) is 0 Å². The summed E-state index contributed by atoms with van der Waals surface area (Å²) in [7, 11) is 1.47. The molecule has 0 spiro atoms. The zero-order chi connectivity index (χ0) is 28.1. The van der Waals surface area contributed by atoms with Gasteiger partial charge in [0, 0.05) is 48.4 Å². The van der Waals surface area contributed by atoms with Crippen molar-refractivity contribution in [2.75, 3.05) is 5.32 Å². The van der Waals surface area contributed by atoms with Gasteiger partial charge in [0.1, 0.15) is 28.8 Å². The van der Waals surface area contributed by atoms with Crippen molar-refractivity contribution in [3.63, 3.8) is 0 Å². The van der Waals surface area contributed by atoms with Crippen LogP contribution in [0.1, 0.15) is 29.6 Å². The Morgan fingerprint density at radius 2 is 1.97 bits per heavy atom. The van der Waals surface area contributed by atoms with Gasteiger partial charge in [-0.1, -0.05) is 5.16 Å². The van der Waals surface area contributed by atoms with E-state index < -0.39 is 23.1 Å². The van der Waals surface area contributed by atoms with Crippen LogP contribution in [-0.2, 0) is 30.9 Å². The Morgan fingerprint density at radius 1 is 1.21 bits per heavy atom. The van der Waals surface area contributed by atoms with Gasteiger partial charge in [0.2, 0.25) is 5.91 Å². The number of alkyl halides is 2. The molecule has 5 heterocycles. The van der Waals surface area contributed by atoms with E-state index in [2.05, 4.69) is 25.4 Å². The molecular weight excluding hydrogens is 534 g/mol. The van der Waals surface area contributed by atoms with Crippen LogP contribution in [0, 0.1) is 13.8 Å². The molecule has 0 bridgehead atoms. The van der Waals surface area contributed by atoms with Crippen molar-refractivity contribution in [1.29, 1.82) is 0 Å². The largest absolute Gasteiger partial charge is 0.361 e. The number of thiazole rings is 1. The van der Waals surface area contributed by atoms with Crippen molar-refractivity contribution < 1.29 is 18.1 Å². The summed E-state index contributed by atoms with van der Waals surface area (Å²) in [5.74, 6) is -2.84. The van der Waals surface area contributed by atoms with E-state index in [1.165, 1.54) is 41.7 Å². The van der Waals surface area contributed by atoms with E-state index in [1.807, 2.05) is 0 Å². The van der Waals surface area contributed by atoms with E-state index in [9.17, 15) is 23.2 Å². The molecule has 0 saturated carbocycles. The van der Waals surface area contributed by atoms with Gasteiger partial charge in [0.25, 0.3) is 11.5 Å². The normalized spacial score (nSPS) is 11.8. The lowest BCUT2D eigenvalue weighted by Crippen LogP contribution is -2.40. The van der Waals surface area contributed by atoms with Gasteiger partial charge in [-0.3, -0.25) is 23.7 Å². The molecule has 5 rings (SSSR count). The van der Waals surface area contributed by atoms with Crippen LogP contribution in [0.15, 0.2) is 44.1 Å². The molecule has 39 heavy (non-hydrogen) atoms. The summed E-state index contributed by atoms with van der Waals surface area (Å²) in [6, 6.07) is 2.95. The lowest BCUT2D eigenvalue weighted by molar-refractivity contribution is -0.116. The second-order valence-corrected chi connectivity index (χ2v) is 9.90. The monoisotopic (exact) mass is 556 g/mol. The molecule has 12 nitrogen and oxygen atoms in total. The fourth-order valence-corrected chi connectivity index (χ4v) is 4.86. The minimum atomic E-state index is -3.06. The van der Waals surface area contributed by atoms with Gasteiger partial charge in [0.15, 0.2) is 11.2 Å². The molecule has 0 radical (unpaired) electrons. The third-order valence-electron chi connectivity index (χ3n) is 5.99. The second kappa shape index (κ2) is 9.65. The Kier molecular flexibility index (Phi) is 6.46. The van der Waals surface area contributed by atoms with Crippen LogP contribution < -0.4 is 16.6 Å². The summed E-state index contributed by atoms with van der Waals surface area (Å²) < 4.78 is 36.4. The highest BCUT2D eigenvalue weighted by Crippen LogP contribution is 2.33. The van der Waals surface area contributed by atoms with Crippen molar-refractivity contribution in [3.05, 3.63) is 73.6 Å². The average molecular weight is 557 g/mol. The molecule has 0 aromatic carbocycles. The number of carbonyl (C=O) groups excluding carboxylic acids is 1. The fraction of sp³-hybridized carbons (Fsp3) is 0.292. The number of hydrogen-bond donors (Lipinski definition) is 1. The number of carbonyl (C=O) groups is 1. The summed E-state index contributed by atoms with van der Waals surface area (Å²) >= 11 is 1.16. The van der Waals surface area contributed by atoms with E-state index in [0.29, 0.717) is 22.0 Å². The van der Waals surface area contributed by atoms with Crippen LogP contribution in [0.25, 0.3) is 21.7 Å². The zero-order valence-electron chi connectivity index (χ0n) is 21.2. The second-order valence-electron chi connectivity index (χ2n) is 9.04. The van der Waals surface area contributed by atoms with Gasteiger partial charge >= 0.3 is 5.69 Å². The number of nitrogens with one attached hydrogen (secondary N) is 1. The van der Waals surface area contributed by atoms with Crippen LogP contribution in [0.2, 0.25) is 0 Å². The molecular formula is C24H22F2N8O4S. The number of amides is 1. The Labute approximate surface area is 222 Å². The van der Waals surface area contributed by atoms with E-state index >= 15 is 0 Å². The van der Waals surface area contributed by atoms with Crippen molar-refractivity contribution in [3.8, 4) is 10.6 Å². The molecule has 0 fully saturated rings. The molecule has 1 amide bonds. The SMILES string of the molecule is Cc1cc(Cn2c(=O)c3c(ncn3CC(=O)Nc3csc(-c4cnc(C)c(C(C)(F)F)c4)n3)n(C)c2=O)no1. The van der Waals surface area contributed by atoms with Gasteiger partial charge < -0.3 is 14.4 Å². The van der Waals surface area contributed by atoms with Crippen molar-refractivity contribution >= 4 is 34.2 Å². The smallest absolute Gasteiger partial charge is 0.332 e. The standard InChI is InChI=1S/C24H22F2N8O4S/c1-12-5-15(31-38-12)8-34-22(36)19-20(32(4)23(34)37)28-11-33(19)9-18(35)29-17-10-39-21(30-17)14-6-16(24(3,25)26)13(2)27-7-14/h5-7,10-11H,8-9H2,1-4H3,(H,29,35). The maximum Gasteiger partial charge on any atom is 0.332 e. The first-order chi connectivity index (χ1) is 18.4. The fourth-order valence-electron chi connectivity index (χ4n) is 4.13. The molecule has 5 aromatic heterocycles. The highest BCUT2D eigenvalue weighted by atomic mass is 32.1. The van der Waals surface area contributed by atoms with Gasteiger partial charge in [-0.15, -0.1) is 11.3 Å². The van der Waals surface area contributed by atoms with Gasteiger partial charge in [-0.05, 0) is 19.9 Å². The van der Waals surface area contributed by atoms with E-state index in [0.717, 1.165) is 22.8 Å². The minimum absolute atomic E-state index is 0.0604. The van der Waals surface area contributed by atoms with Crippen LogP contribution >= 0.6 is 11.3 Å². The Morgan fingerprint density at radius 3 is 2.67 bits per heavy atom. The number of halogens is 2. The third-order valence-corrected chi connectivity index (χ3v) is 6.88. The summed E-state index contributed by atoms with van der Waals surface area (Å²) in [6.07, 6.45) is 2.74. The first-order valence-electron chi connectivity index (χ1n) is 11.6. The number of nitrogens with zero attached hydrogens (tertiary/aromatic N) is 7. The number of aryl methyl sites for hydroxylation is 3. The lowest BCUT2D eigenvalue weighted by Gasteiger charge is -2.13. The number of imidazole rings is 1. The number of aromatic nitrogens is 7. The molecule has 0 saturated heterocycles. The van der Waals surface area contributed by atoms with Crippen molar-refractivity contribution in [2.24, 2.45) is 7.05 Å². The average Bonchev–Trinajstić information content (AvgIpc) is 3.60.